The Morgan fingerprint density at radius 2 is 2.06 bits per heavy atom. The summed E-state index contributed by atoms with van der Waals surface area (Å²) in [6.45, 7) is 3.19. The maximum atomic E-state index is 12.0. The SMILES string of the molecule is CC1(CNC2CS(=O)(=O)c3ccccc32)CCC1. The van der Waals surface area contributed by atoms with Crippen LogP contribution >= 0.6 is 0 Å². The van der Waals surface area contributed by atoms with E-state index in [-0.39, 0.29) is 11.8 Å². The molecule has 18 heavy (non-hydrogen) atoms. The average molecular weight is 265 g/mol. The van der Waals surface area contributed by atoms with E-state index in [2.05, 4.69) is 12.2 Å². The van der Waals surface area contributed by atoms with Gasteiger partial charge in [0.05, 0.1) is 10.6 Å². The molecule has 3 nitrogen and oxygen atoms in total. The van der Waals surface area contributed by atoms with E-state index in [1.54, 1.807) is 12.1 Å². The first-order valence-electron chi connectivity index (χ1n) is 6.55. The van der Waals surface area contributed by atoms with Gasteiger partial charge in [-0.3, -0.25) is 0 Å². The minimum Gasteiger partial charge on any atom is -0.308 e. The molecule has 98 valence electrons. The normalized spacial score (nSPS) is 27.5. The molecule has 1 unspecified atom stereocenters. The van der Waals surface area contributed by atoms with E-state index in [0.717, 1.165) is 12.1 Å². The standard InChI is InChI=1S/C14H19NO2S/c1-14(7-4-8-14)10-15-12-9-18(16,17)13-6-3-2-5-11(12)13/h2-3,5-6,12,15H,4,7-10H2,1H3. The third kappa shape index (κ3) is 1.97. The van der Waals surface area contributed by atoms with Gasteiger partial charge in [0.15, 0.2) is 9.84 Å². The van der Waals surface area contributed by atoms with E-state index in [1.165, 1.54) is 19.3 Å². The van der Waals surface area contributed by atoms with Gasteiger partial charge in [-0.1, -0.05) is 31.5 Å². The van der Waals surface area contributed by atoms with E-state index in [9.17, 15) is 8.42 Å². The zero-order valence-electron chi connectivity index (χ0n) is 10.6. The summed E-state index contributed by atoms with van der Waals surface area (Å²) in [5.74, 6) is 0.211. The van der Waals surface area contributed by atoms with E-state index in [0.29, 0.717) is 10.3 Å². The predicted molar refractivity (Wildman–Crippen MR) is 71.2 cm³/mol. The molecule has 1 aliphatic heterocycles. The van der Waals surface area contributed by atoms with Crippen LogP contribution in [0.2, 0.25) is 0 Å². The van der Waals surface area contributed by atoms with Crippen molar-refractivity contribution < 1.29 is 8.42 Å². The molecule has 1 aliphatic carbocycles. The van der Waals surface area contributed by atoms with Crippen molar-refractivity contribution in [3.8, 4) is 0 Å². The first-order valence-corrected chi connectivity index (χ1v) is 8.21. The lowest BCUT2D eigenvalue weighted by Gasteiger charge is -2.39. The summed E-state index contributed by atoms with van der Waals surface area (Å²) in [5.41, 5.74) is 1.32. The Labute approximate surface area is 109 Å². The van der Waals surface area contributed by atoms with Crippen LogP contribution < -0.4 is 5.32 Å². The molecule has 1 fully saturated rings. The minimum absolute atomic E-state index is 0.0244. The first kappa shape index (κ1) is 12.2. The molecule has 0 aromatic heterocycles. The molecular formula is C14H19NO2S. The second-order valence-electron chi connectivity index (χ2n) is 5.92. The van der Waals surface area contributed by atoms with E-state index in [1.807, 2.05) is 12.1 Å². The van der Waals surface area contributed by atoms with Crippen LogP contribution in [-0.4, -0.2) is 20.7 Å². The molecule has 1 heterocycles. The van der Waals surface area contributed by atoms with Gasteiger partial charge >= 0.3 is 0 Å². The Morgan fingerprint density at radius 1 is 1.33 bits per heavy atom. The molecule has 0 spiro atoms. The highest BCUT2D eigenvalue weighted by atomic mass is 32.2. The number of benzene rings is 1. The summed E-state index contributed by atoms with van der Waals surface area (Å²) >= 11 is 0. The summed E-state index contributed by atoms with van der Waals surface area (Å²) < 4.78 is 24.1. The Balaban J connectivity index is 1.79. The highest BCUT2D eigenvalue weighted by Crippen LogP contribution is 2.41. The van der Waals surface area contributed by atoms with Gasteiger partial charge in [0.2, 0.25) is 0 Å². The summed E-state index contributed by atoms with van der Waals surface area (Å²) in [6, 6.07) is 7.34. The van der Waals surface area contributed by atoms with Crippen molar-refractivity contribution in [1.29, 1.82) is 0 Å². The second-order valence-corrected chi connectivity index (χ2v) is 7.92. The molecule has 1 N–H and O–H groups in total. The lowest BCUT2D eigenvalue weighted by atomic mass is 9.70. The topological polar surface area (TPSA) is 46.2 Å². The van der Waals surface area contributed by atoms with Crippen molar-refractivity contribution in [2.24, 2.45) is 5.41 Å². The summed E-state index contributed by atoms with van der Waals surface area (Å²) in [7, 11) is -3.07. The molecule has 1 saturated carbocycles. The molecule has 4 heteroatoms. The summed E-state index contributed by atoms with van der Waals surface area (Å²) in [4.78, 5) is 0.515. The van der Waals surface area contributed by atoms with Gasteiger partial charge in [0.25, 0.3) is 0 Å². The third-order valence-corrected chi connectivity index (χ3v) is 6.17. The van der Waals surface area contributed by atoms with Crippen LogP contribution in [0.15, 0.2) is 29.2 Å². The molecule has 3 rings (SSSR count). The van der Waals surface area contributed by atoms with Crippen LogP contribution in [0.4, 0.5) is 0 Å². The zero-order valence-corrected chi connectivity index (χ0v) is 11.5. The molecule has 0 saturated heterocycles. The maximum absolute atomic E-state index is 12.0. The average Bonchev–Trinajstić information content (AvgIpc) is 2.57. The highest BCUT2D eigenvalue weighted by molar-refractivity contribution is 7.91. The fourth-order valence-electron chi connectivity index (χ4n) is 2.95. The summed E-state index contributed by atoms with van der Waals surface area (Å²) in [5, 5.41) is 3.46. The summed E-state index contributed by atoms with van der Waals surface area (Å²) in [6.07, 6.45) is 3.81. The first-order chi connectivity index (χ1) is 8.50. The molecule has 0 amide bonds. The van der Waals surface area contributed by atoms with Crippen molar-refractivity contribution in [3.63, 3.8) is 0 Å². The molecule has 0 bridgehead atoms. The molecule has 1 aromatic rings. The van der Waals surface area contributed by atoms with Gasteiger partial charge in [-0.05, 0) is 29.9 Å². The van der Waals surface area contributed by atoms with E-state index >= 15 is 0 Å². The van der Waals surface area contributed by atoms with Crippen LogP contribution in [0, 0.1) is 5.41 Å². The van der Waals surface area contributed by atoms with Gasteiger partial charge in [0, 0.05) is 12.6 Å². The number of fused-ring (bicyclic) bond motifs is 1. The predicted octanol–water partition coefficient (Wildman–Crippen LogP) is 2.29. The lowest BCUT2D eigenvalue weighted by Crippen LogP contribution is -2.39. The Bertz CT molecular complexity index is 561. The van der Waals surface area contributed by atoms with Gasteiger partial charge in [-0.2, -0.15) is 0 Å². The van der Waals surface area contributed by atoms with Crippen LogP contribution in [-0.2, 0) is 9.84 Å². The fourth-order valence-corrected chi connectivity index (χ4v) is 4.72. The van der Waals surface area contributed by atoms with Gasteiger partial charge in [-0.15, -0.1) is 0 Å². The molecule has 1 atom stereocenters. The van der Waals surface area contributed by atoms with E-state index < -0.39 is 9.84 Å². The van der Waals surface area contributed by atoms with Crippen LogP contribution in [0.3, 0.4) is 0 Å². The number of rotatable bonds is 3. The minimum atomic E-state index is -3.07. The molecular weight excluding hydrogens is 246 g/mol. The Kier molecular flexibility index (Phi) is 2.75. The Hall–Kier alpha value is -0.870. The smallest absolute Gasteiger partial charge is 0.180 e. The van der Waals surface area contributed by atoms with Crippen LogP contribution in [0.1, 0.15) is 37.8 Å². The number of hydrogen-bond acceptors (Lipinski definition) is 3. The third-order valence-electron chi connectivity index (χ3n) is 4.35. The quantitative estimate of drug-likeness (QED) is 0.912. The highest BCUT2D eigenvalue weighted by Gasteiger charge is 2.37. The van der Waals surface area contributed by atoms with Crippen LogP contribution in [0.25, 0.3) is 0 Å². The Morgan fingerprint density at radius 3 is 2.72 bits per heavy atom. The maximum Gasteiger partial charge on any atom is 0.180 e. The molecule has 0 radical (unpaired) electrons. The monoisotopic (exact) mass is 265 g/mol. The van der Waals surface area contributed by atoms with Crippen molar-refractivity contribution in [3.05, 3.63) is 29.8 Å². The van der Waals surface area contributed by atoms with Crippen molar-refractivity contribution in [2.45, 2.75) is 37.1 Å². The lowest BCUT2D eigenvalue weighted by molar-refractivity contribution is 0.152. The number of hydrogen-bond donors (Lipinski definition) is 1. The molecule has 1 aromatic carbocycles. The second kappa shape index (κ2) is 4.07. The zero-order chi connectivity index (χ0) is 12.8. The number of nitrogens with one attached hydrogen (secondary N) is 1. The van der Waals surface area contributed by atoms with Crippen LogP contribution in [0.5, 0.6) is 0 Å². The van der Waals surface area contributed by atoms with Crippen molar-refractivity contribution >= 4 is 9.84 Å². The van der Waals surface area contributed by atoms with Gasteiger partial charge in [0.1, 0.15) is 0 Å². The molecule has 2 aliphatic rings. The van der Waals surface area contributed by atoms with Crippen molar-refractivity contribution in [1.82, 2.24) is 5.32 Å². The van der Waals surface area contributed by atoms with Gasteiger partial charge < -0.3 is 5.32 Å². The van der Waals surface area contributed by atoms with E-state index in [4.69, 9.17) is 0 Å². The fraction of sp³-hybridized carbons (Fsp3) is 0.571. The number of sulfone groups is 1. The van der Waals surface area contributed by atoms with Crippen molar-refractivity contribution in [2.75, 3.05) is 12.3 Å². The van der Waals surface area contributed by atoms with Gasteiger partial charge in [-0.25, -0.2) is 8.42 Å². The largest absolute Gasteiger partial charge is 0.308 e.